The SMILES string of the molecule is N#Cc1[nH]ncc1-c1nc(Cc2ccc(O)cc2)no1. The van der Waals surface area contributed by atoms with Crippen LogP contribution in [0.15, 0.2) is 35.0 Å². The number of hydrogen-bond donors (Lipinski definition) is 2. The lowest BCUT2D eigenvalue weighted by Crippen LogP contribution is -1.90. The summed E-state index contributed by atoms with van der Waals surface area (Å²) in [5.41, 5.74) is 1.71. The number of nitrogens with zero attached hydrogens (tertiary/aromatic N) is 4. The molecule has 0 saturated heterocycles. The highest BCUT2D eigenvalue weighted by Gasteiger charge is 2.15. The number of benzene rings is 1. The van der Waals surface area contributed by atoms with E-state index in [4.69, 9.17) is 9.78 Å². The molecule has 1 aromatic carbocycles. The lowest BCUT2D eigenvalue weighted by Gasteiger charge is -1.96. The first-order valence-corrected chi connectivity index (χ1v) is 5.80. The molecule has 0 aliphatic carbocycles. The number of aromatic nitrogens is 4. The van der Waals surface area contributed by atoms with Gasteiger partial charge in [0.2, 0.25) is 0 Å². The first-order valence-electron chi connectivity index (χ1n) is 5.80. The molecular formula is C13H9N5O2. The Morgan fingerprint density at radius 1 is 1.30 bits per heavy atom. The van der Waals surface area contributed by atoms with Crippen molar-refractivity contribution in [2.75, 3.05) is 0 Å². The minimum atomic E-state index is 0.208. The predicted octanol–water partition coefficient (Wildman–Crippen LogP) is 1.63. The molecule has 3 aromatic rings. The Hall–Kier alpha value is -3.14. The number of H-pyrrole nitrogens is 1. The lowest BCUT2D eigenvalue weighted by atomic mass is 10.1. The van der Waals surface area contributed by atoms with Gasteiger partial charge in [0.15, 0.2) is 5.82 Å². The molecule has 2 heterocycles. The zero-order valence-corrected chi connectivity index (χ0v) is 10.2. The van der Waals surface area contributed by atoms with E-state index in [1.807, 2.05) is 6.07 Å². The molecule has 0 radical (unpaired) electrons. The number of phenolic OH excluding ortho intramolecular Hbond substituents is 1. The van der Waals surface area contributed by atoms with Gasteiger partial charge in [0.05, 0.1) is 11.8 Å². The number of hydrogen-bond acceptors (Lipinski definition) is 6. The third-order valence-electron chi connectivity index (χ3n) is 2.75. The summed E-state index contributed by atoms with van der Waals surface area (Å²) in [6, 6.07) is 8.72. The standard InChI is InChI=1S/C13H9N5O2/c14-6-11-10(7-15-17-11)13-16-12(18-20-13)5-8-1-3-9(19)4-2-8/h1-4,7,19H,5H2,(H,15,17). The molecule has 3 rings (SSSR count). The van der Waals surface area contributed by atoms with Crippen molar-refractivity contribution in [3.63, 3.8) is 0 Å². The van der Waals surface area contributed by atoms with Crippen LogP contribution in [0, 0.1) is 11.3 Å². The van der Waals surface area contributed by atoms with Crippen molar-refractivity contribution in [3.05, 3.63) is 47.5 Å². The number of nitrogens with one attached hydrogen (secondary N) is 1. The van der Waals surface area contributed by atoms with Crippen molar-refractivity contribution in [2.45, 2.75) is 6.42 Å². The Morgan fingerprint density at radius 2 is 2.10 bits per heavy atom. The van der Waals surface area contributed by atoms with Crippen molar-refractivity contribution in [3.8, 4) is 23.3 Å². The predicted molar refractivity (Wildman–Crippen MR) is 67.5 cm³/mol. The zero-order valence-electron chi connectivity index (χ0n) is 10.2. The summed E-state index contributed by atoms with van der Waals surface area (Å²) >= 11 is 0. The molecular weight excluding hydrogens is 258 g/mol. The molecule has 20 heavy (non-hydrogen) atoms. The highest BCUT2D eigenvalue weighted by atomic mass is 16.5. The normalized spacial score (nSPS) is 10.3. The third-order valence-corrected chi connectivity index (χ3v) is 2.75. The zero-order chi connectivity index (χ0) is 13.9. The number of aromatic hydroxyl groups is 1. The molecule has 0 saturated carbocycles. The van der Waals surface area contributed by atoms with Crippen molar-refractivity contribution >= 4 is 0 Å². The number of aromatic amines is 1. The monoisotopic (exact) mass is 267 g/mol. The number of rotatable bonds is 3. The highest BCUT2D eigenvalue weighted by molar-refractivity contribution is 5.59. The van der Waals surface area contributed by atoms with Crippen LogP contribution in [-0.2, 0) is 6.42 Å². The molecule has 7 nitrogen and oxygen atoms in total. The highest BCUT2D eigenvalue weighted by Crippen LogP contribution is 2.20. The fourth-order valence-electron chi connectivity index (χ4n) is 1.77. The van der Waals surface area contributed by atoms with E-state index in [0.29, 0.717) is 17.8 Å². The van der Waals surface area contributed by atoms with Gasteiger partial charge in [-0.15, -0.1) is 0 Å². The van der Waals surface area contributed by atoms with Gasteiger partial charge >= 0.3 is 0 Å². The summed E-state index contributed by atoms with van der Waals surface area (Å²) in [7, 11) is 0. The molecule has 0 amide bonds. The molecule has 0 fully saturated rings. The smallest absolute Gasteiger partial charge is 0.262 e. The van der Waals surface area contributed by atoms with E-state index in [0.717, 1.165) is 5.56 Å². The Kier molecular flexibility index (Phi) is 2.89. The second-order valence-electron chi connectivity index (χ2n) is 4.13. The topological polar surface area (TPSA) is 112 Å². The summed E-state index contributed by atoms with van der Waals surface area (Å²) in [6.45, 7) is 0. The van der Waals surface area contributed by atoms with Crippen LogP contribution in [0.1, 0.15) is 17.1 Å². The minimum absolute atomic E-state index is 0.208. The van der Waals surface area contributed by atoms with Crippen LogP contribution in [0.5, 0.6) is 5.75 Å². The van der Waals surface area contributed by atoms with E-state index in [1.165, 1.54) is 6.20 Å². The quantitative estimate of drug-likeness (QED) is 0.745. The Morgan fingerprint density at radius 3 is 2.85 bits per heavy atom. The fraction of sp³-hybridized carbons (Fsp3) is 0.0769. The molecule has 2 aromatic heterocycles. The number of phenols is 1. The summed E-state index contributed by atoms with van der Waals surface area (Å²) in [6.07, 6.45) is 1.94. The van der Waals surface area contributed by atoms with Gasteiger partial charge in [0.25, 0.3) is 5.89 Å². The van der Waals surface area contributed by atoms with E-state index in [2.05, 4.69) is 20.3 Å². The van der Waals surface area contributed by atoms with Crippen LogP contribution in [0.2, 0.25) is 0 Å². The van der Waals surface area contributed by atoms with Crippen LogP contribution < -0.4 is 0 Å². The first kappa shape index (κ1) is 11.9. The number of nitriles is 1. The molecule has 7 heteroatoms. The van der Waals surface area contributed by atoms with E-state index >= 15 is 0 Å². The van der Waals surface area contributed by atoms with Crippen molar-refractivity contribution in [1.82, 2.24) is 20.3 Å². The molecule has 0 atom stereocenters. The second-order valence-corrected chi connectivity index (χ2v) is 4.13. The average molecular weight is 267 g/mol. The van der Waals surface area contributed by atoms with Crippen LogP contribution in [-0.4, -0.2) is 25.4 Å². The molecule has 0 aliphatic rings. The maximum atomic E-state index is 9.22. The Balaban J connectivity index is 1.84. The molecule has 98 valence electrons. The molecule has 0 bridgehead atoms. The summed E-state index contributed by atoms with van der Waals surface area (Å²) in [5.74, 6) is 0.958. The third kappa shape index (κ3) is 2.22. The minimum Gasteiger partial charge on any atom is -0.508 e. The molecule has 2 N–H and O–H groups in total. The van der Waals surface area contributed by atoms with Crippen LogP contribution in [0.25, 0.3) is 11.5 Å². The van der Waals surface area contributed by atoms with Gasteiger partial charge in [-0.05, 0) is 17.7 Å². The van der Waals surface area contributed by atoms with E-state index in [1.54, 1.807) is 24.3 Å². The average Bonchev–Trinajstić information content (AvgIpc) is 3.09. The summed E-state index contributed by atoms with van der Waals surface area (Å²) < 4.78 is 5.13. The largest absolute Gasteiger partial charge is 0.508 e. The van der Waals surface area contributed by atoms with Crippen LogP contribution in [0.4, 0.5) is 0 Å². The maximum absolute atomic E-state index is 9.22. The van der Waals surface area contributed by atoms with Crippen molar-refractivity contribution < 1.29 is 9.63 Å². The lowest BCUT2D eigenvalue weighted by molar-refractivity contribution is 0.424. The van der Waals surface area contributed by atoms with Crippen molar-refractivity contribution in [2.24, 2.45) is 0 Å². The fourth-order valence-corrected chi connectivity index (χ4v) is 1.77. The van der Waals surface area contributed by atoms with E-state index in [-0.39, 0.29) is 17.3 Å². The molecule has 0 aliphatic heterocycles. The molecule has 0 spiro atoms. The second kappa shape index (κ2) is 4.85. The summed E-state index contributed by atoms with van der Waals surface area (Å²) in [4.78, 5) is 4.23. The molecule has 0 unspecified atom stereocenters. The first-order chi connectivity index (χ1) is 9.76. The maximum Gasteiger partial charge on any atom is 0.262 e. The van der Waals surface area contributed by atoms with Gasteiger partial charge in [-0.1, -0.05) is 17.3 Å². The van der Waals surface area contributed by atoms with Crippen molar-refractivity contribution in [1.29, 1.82) is 5.26 Å². The van der Waals surface area contributed by atoms with Gasteiger partial charge < -0.3 is 9.63 Å². The van der Waals surface area contributed by atoms with Gasteiger partial charge in [-0.25, -0.2) is 0 Å². The van der Waals surface area contributed by atoms with E-state index in [9.17, 15) is 5.11 Å². The van der Waals surface area contributed by atoms with Gasteiger partial charge in [0, 0.05) is 6.42 Å². The van der Waals surface area contributed by atoms with Gasteiger partial charge in [-0.2, -0.15) is 15.3 Å². The van der Waals surface area contributed by atoms with Gasteiger partial charge in [-0.3, -0.25) is 5.10 Å². The van der Waals surface area contributed by atoms with Crippen LogP contribution in [0.3, 0.4) is 0 Å². The Labute approximate surface area is 113 Å². The Bertz CT molecular complexity index is 767. The van der Waals surface area contributed by atoms with Crippen LogP contribution >= 0.6 is 0 Å². The van der Waals surface area contributed by atoms with Gasteiger partial charge in [0.1, 0.15) is 17.5 Å². The summed E-state index contributed by atoms with van der Waals surface area (Å²) in [5, 5.41) is 28.3. The van der Waals surface area contributed by atoms with E-state index < -0.39 is 0 Å².